The Kier molecular flexibility index (Phi) is 4.16. The fourth-order valence-electron chi connectivity index (χ4n) is 1.47. The number of nitrogens with one attached hydrogen (secondary N) is 2. The third-order valence-corrected chi connectivity index (χ3v) is 3.44. The van der Waals surface area contributed by atoms with Crippen LogP contribution >= 0.6 is 22.9 Å². The maximum atomic E-state index is 11.8. The maximum absolute atomic E-state index is 11.8. The van der Waals surface area contributed by atoms with Crippen LogP contribution in [0.3, 0.4) is 0 Å². The smallest absolute Gasteiger partial charge is 0.304 e. The predicted molar refractivity (Wildman–Crippen MR) is 74.2 cm³/mol. The molecular weight excluding hydrogens is 306 g/mol. The number of rotatable bonds is 4. The Morgan fingerprint density at radius 3 is 2.80 bits per heavy atom. The SMILES string of the molecule is O=C(NCc1csc(=O)[nH]1)c1ccc([N+](=O)[O-])c(Cl)c1. The van der Waals surface area contributed by atoms with Crippen molar-refractivity contribution in [1.29, 1.82) is 0 Å². The number of benzene rings is 1. The first-order chi connectivity index (χ1) is 9.47. The van der Waals surface area contributed by atoms with Crippen LogP contribution < -0.4 is 10.2 Å². The fraction of sp³-hybridized carbons (Fsp3) is 0.0909. The number of carbonyl (C=O) groups excluding carboxylic acids is 1. The quantitative estimate of drug-likeness (QED) is 0.664. The molecule has 9 heteroatoms. The third kappa shape index (κ3) is 3.22. The van der Waals surface area contributed by atoms with Gasteiger partial charge in [0.05, 0.1) is 11.5 Å². The molecule has 1 aromatic heterocycles. The summed E-state index contributed by atoms with van der Waals surface area (Å²) in [5.74, 6) is -0.436. The van der Waals surface area contributed by atoms with Crippen LogP contribution in [0.4, 0.5) is 5.69 Å². The van der Waals surface area contributed by atoms with E-state index in [2.05, 4.69) is 10.3 Å². The Bertz CT molecular complexity index is 724. The summed E-state index contributed by atoms with van der Waals surface area (Å²) < 4.78 is 0. The normalized spacial score (nSPS) is 10.2. The molecule has 0 atom stereocenters. The molecule has 0 radical (unpaired) electrons. The van der Waals surface area contributed by atoms with Gasteiger partial charge in [-0.3, -0.25) is 19.7 Å². The standard InChI is InChI=1S/C11H8ClN3O4S/c12-8-3-6(1-2-9(8)15(18)19)10(16)13-4-7-5-20-11(17)14-7/h1-3,5H,4H2,(H,13,16)(H,14,17). The summed E-state index contributed by atoms with van der Waals surface area (Å²) in [4.78, 5) is 35.1. The van der Waals surface area contributed by atoms with Gasteiger partial charge in [0.25, 0.3) is 11.6 Å². The summed E-state index contributed by atoms with van der Waals surface area (Å²) in [5, 5.41) is 14.7. The van der Waals surface area contributed by atoms with E-state index in [1.165, 1.54) is 18.2 Å². The number of halogens is 1. The average Bonchev–Trinajstić information content (AvgIpc) is 2.81. The molecule has 0 saturated carbocycles. The summed E-state index contributed by atoms with van der Waals surface area (Å²) in [5.41, 5.74) is 0.532. The van der Waals surface area contributed by atoms with Gasteiger partial charge in [0.1, 0.15) is 5.02 Å². The van der Waals surface area contributed by atoms with E-state index in [0.29, 0.717) is 5.69 Å². The minimum atomic E-state index is -0.625. The minimum absolute atomic E-state index is 0.105. The van der Waals surface area contributed by atoms with Crippen LogP contribution in [0.5, 0.6) is 0 Å². The molecule has 2 aromatic rings. The zero-order valence-corrected chi connectivity index (χ0v) is 11.5. The molecule has 0 bridgehead atoms. The van der Waals surface area contributed by atoms with Crippen LogP contribution in [-0.2, 0) is 6.54 Å². The zero-order chi connectivity index (χ0) is 14.7. The second kappa shape index (κ2) is 5.85. The molecule has 20 heavy (non-hydrogen) atoms. The lowest BCUT2D eigenvalue weighted by atomic mass is 10.2. The molecule has 7 nitrogen and oxygen atoms in total. The van der Waals surface area contributed by atoms with Crippen LogP contribution in [-0.4, -0.2) is 15.8 Å². The van der Waals surface area contributed by atoms with E-state index in [0.717, 1.165) is 11.3 Å². The van der Waals surface area contributed by atoms with Gasteiger partial charge in [-0.2, -0.15) is 0 Å². The number of nitrogens with zero attached hydrogens (tertiary/aromatic N) is 1. The third-order valence-electron chi connectivity index (χ3n) is 2.42. The number of hydrogen-bond acceptors (Lipinski definition) is 5. The first kappa shape index (κ1) is 14.2. The number of hydrogen-bond donors (Lipinski definition) is 2. The van der Waals surface area contributed by atoms with Gasteiger partial charge in [-0.15, -0.1) is 0 Å². The first-order valence-corrected chi connectivity index (χ1v) is 6.62. The van der Waals surface area contributed by atoms with Gasteiger partial charge in [-0.1, -0.05) is 22.9 Å². The van der Waals surface area contributed by atoms with E-state index in [1.54, 1.807) is 5.38 Å². The molecule has 2 N–H and O–H groups in total. The van der Waals surface area contributed by atoms with Crippen molar-refractivity contribution in [3.8, 4) is 0 Å². The van der Waals surface area contributed by atoms with Crippen molar-refractivity contribution in [2.24, 2.45) is 0 Å². The Labute approximate surface area is 121 Å². The molecule has 1 heterocycles. The number of aromatic amines is 1. The van der Waals surface area contributed by atoms with E-state index in [4.69, 9.17) is 11.6 Å². The molecule has 2 rings (SSSR count). The van der Waals surface area contributed by atoms with E-state index < -0.39 is 10.8 Å². The molecule has 0 fully saturated rings. The van der Waals surface area contributed by atoms with Crippen LogP contribution in [0.25, 0.3) is 0 Å². The van der Waals surface area contributed by atoms with Gasteiger partial charge < -0.3 is 10.3 Å². The summed E-state index contributed by atoms with van der Waals surface area (Å²) in [6.07, 6.45) is 0. The lowest BCUT2D eigenvalue weighted by Gasteiger charge is -2.04. The highest BCUT2D eigenvalue weighted by Crippen LogP contribution is 2.24. The van der Waals surface area contributed by atoms with Crippen molar-refractivity contribution in [1.82, 2.24) is 10.3 Å². The minimum Gasteiger partial charge on any atom is -0.346 e. The van der Waals surface area contributed by atoms with E-state index >= 15 is 0 Å². The van der Waals surface area contributed by atoms with Crippen LogP contribution in [0.15, 0.2) is 28.4 Å². The summed E-state index contributed by atoms with van der Waals surface area (Å²) in [7, 11) is 0. The van der Waals surface area contributed by atoms with Crippen molar-refractivity contribution in [2.75, 3.05) is 0 Å². The molecule has 1 aromatic carbocycles. The number of thiazole rings is 1. The molecule has 0 saturated heterocycles. The number of H-pyrrole nitrogens is 1. The van der Waals surface area contributed by atoms with Crippen molar-refractivity contribution in [2.45, 2.75) is 6.54 Å². The van der Waals surface area contributed by atoms with Gasteiger partial charge in [0.15, 0.2) is 0 Å². The van der Waals surface area contributed by atoms with Gasteiger partial charge in [-0.05, 0) is 12.1 Å². The Hall–Kier alpha value is -2.19. The molecule has 1 amide bonds. The number of nitro groups is 1. The molecular formula is C11H8ClN3O4S. The number of aromatic nitrogens is 1. The lowest BCUT2D eigenvalue weighted by molar-refractivity contribution is -0.384. The lowest BCUT2D eigenvalue weighted by Crippen LogP contribution is -2.23. The molecule has 0 unspecified atom stereocenters. The molecule has 104 valence electrons. The molecule has 0 aliphatic rings. The Morgan fingerprint density at radius 1 is 1.50 bits per heavy atom. The van der Waals surface area contributed by atoms with Gasteiger partial charge in [0, 0.05) is 22.7 Å². The first-order valence-electron chi connectivity index (χ1n) is 5.36. The van der Waals surface area contributed by atoms with Gasteiger partial charge >= 0.3 is 4.87 Å². The predicted octanol–water partition coefficient (Wildman–Crippen LogP) is 1.93. The second-order valence-corrected chi connectivity index (χ2v) is 5.03. The fourth-order valence-corrected chi connectivity index (χ4v) is 2.31. The van der Waals surface area contributed by atoms with Crippen molar-refractivity contribution in [3.05, 3.63) is 59.6 Å². The van der Waals surface area contributed by atoms with Crippen LogP contribution in [0.2, 0.25) is 5.02 Å². The summed E-state index contributed by atoms with van der Waals surface area (Å²) in [6.45, 7) is 0.159. The van der Waals surface area contributed by atoms with Crippen molar-refractivity contribution >= 4 is 34.5 Å². The largest absolute Gasteiger partial charge is 0.346 e. The molecule has 0 spiro atoms. The monoisotopic (exact) mass is 313 g/mol. The van der Waals surface area contributed by atoms with Crippen molar-refractivity contribution < 1.29 is 9.72 Å². The van der Waals surface area contributed by atoms with E-state index in [9.17, 15) is 19.7 Å². The van der Waals surface area contributed by atoms with E-state index in [1.807, 2.05) is 0 Å². The zero-order valence-electron chi connectivity index (χ0n) is 9.88. The van der Waals surface area contributed by atoms with Gasteiger partial charge in [0.2, 0.25) is 0 Å². The second-order valence-electron chi connectivity index (χ2n) is 3.78. The summed E-state index contributed by atoms with van der Waals surface area (Å²) >= 11 is 6.72. The average molecular weight is 314 g/mol. The number of nitro benzene ring substituents is 1. The van der Waals surface area contributed by atoms with Crippen LogP contribution in [0.1, 0.15) is 16.1 Å². The van der Waals surface area contributed by atoms with Crippen molar-refractivity contribution in [3.63, 3.8) is 0 Å². The van der Waals surface area contributed by atoms with Crippen LogP contribution in [0, 0.1) is 10.1 Å². The molecule has 0 aliphatic carbocycles. The van der Waals surface area contributed by atoms with Gasteiger partial charge in [-0.25, -0.2) is 0 Å². The maximum Gasteiger partial charge on any atom is 0.304 e. The molecule has 0 aliphatic heterocycles. The van der Waals surface area contributed by atoms with E-state index in [-0.39, 0.29) is 27.7 Å². The Balaban J connectivity index is 2.07. The highest BCUT2D eigenvalue weighted by atomic mass is 35.5. The Morgan fingerprint density at radius 2 is 2.25 bits per heavy atom. The number of carbonyl (C=O) groups is 1. The number of amides is 1. The topological polar surface area (TPSA) is 105 Å². The highest BCUT2D eigenvalue weighted by molar-refractivity contribution is 7.07. The summed E-state index contributed by atoms with van der Waals surface area (Å²) in [6, 6.07) is 3.71. The highest BCUT2D eigenvalue weighted by Gasteiger charge is 2.15.